The van der Waals surface area contributed by atoms with E-state index >= 15 is 0 Å². The molecule has 0 radical (unpaired) electrons. The summed E-state index contributed by atoms with van der Waals surface area (Å²) in [6.45, 7) is 5.27. The average Bonchev–Trinajstić information content (AvgIpc) is 2.66. The molecule has 1 heterocycles. The molecule has 1 fully saturated rings. The lowest BCUT2D eigenvalue weighted by Crippen LogP contribution is -2.44. The Morgan fingerprint density at radius 1 is 1.23 bits per heavy atom. The zero-order chi connectivity index (χ0) is 19.1. The summed E-state index contributed by atoms with van der Waals surface area (Å²) in [5.41, 5.74) is 1.62. The Labute approximate surface area is 153 Å². The Bertz CT molecular complexity index is 627. The third-order valence-electron chi connectivity index (χ3n) is 4.51. The van der Waals surface area contributed by atoms with Crippen molar-refractivity contribution in [1.29, 1.82) is 0 Å². The van der Waals surface area contributed by atoms with Gasteiger partial charge in [-0.2, -0.15) is 0 Å². The number of anilines is 1. The second-order valence-corrected chi connectivity index (χ2v) is 6.61. The highest BCUT2D eigenvalue weighted by Crippen LogP contribution is 2.17. The number of nitrogens with zero attached hydrogens (tertiary/aromatic N) is 3. The normalized spacial score (nSPS) is 16.0. The number of piperazine rings is 1. The highest BCUT2D eigenvalue weighted by atomic mass is 16.5. The van der Waals surface area contributed by atoms with Crippen molar-refractivity contribution in [1.82, 2.24) is 15.3 Å². The van der Waals surface area contributed by atoms with Gasteiger partial charge in [-0.1, -0.05) is 6.92 Å². The van der Waals surface area contributed by atoms with Gasteiger partial charge in [0.2, 0.25) is 12.3 Å². The Balaban J connectivity index is 1.84. The molecule has 1 atom stereocenters. The van der Waals surface area contributed by atoms with Crippen LogP contribution < -0.4 is 10.2 Å². The first-order chi connectivity index (χ1) is 12.4. The first-order valence-electron chi connectivity index (χ1n) is 8.66. The minimum Gasteiger partial charge on any atom is -0.369 e. The molecule has 1 saturated heterocycles. The molecule has 0 saturated carbocycles. The molecule has 2 amide bonds. The van der Waals surface area contributed by atoms with Crippen molar-refractivity contribution in [3.63, 3.8) is 0 Å². The third kappa shape index (κ3) is 5.53. The fourth-order valence-corrected chi connectivity index (χ4v) is 2.77. The molecule has 142 valence electrons. The van der Waals surface area contributed by atoms with Crippen LogP contribution in [-0.4, -0.2) is 79.6 Å². The second-order valence-electron chi connectivity index (χ2n) is 6.61. The van der Waals surface area contributed by atoms with Gasteiger partial charge in [-0.25, -0.2) is 5.06 Å². The molecule has 0 spiro atoms. The van der Waals surface area contributed by atoms with Crippen molar-refractivity contribution >= 4 is 23.8 Å². The summed E-state index contributed by atoms with van der Waals surface area (Å²) in [4.78, 5) is 39.0. The number of carbonyl (C=O) groups is 3. The van der Waals surface area contributed by atoms with E-state index in [2.05, 4.69) is 22.2 Å². The van der Waals surface area contributed by atoms with Crippen LogP contribution in [0.1, 0.15) is 17.3 Å². The van der Waals surface area contributed by atoms with Gasteiger partial charge in [-0.15, -0.1) is 0 Å². The van der Waals surface area contributed by atoms with Gasteiger partial charge in [-0.3, -0.25) is 19.6 Å². The predicted octanol–water partition coefficient (Wildman–Crippen LogP) is 0.221. The minimum atomic E-state index is -0.613. The largest absolute Gasteiger partial charge is 0.369 e. The summed E-state index contributed by atoms with van der Waals surface area (Å²) in [6.07, 6.45) is 0.233. The van der Waals surface area contributed by atoms with Gasteiger partial charge in [0.25, 0.3) is 0 Å². The van der Waals surface area contributed by atoms with E-state index in [0.717, 1.165) is 31.9 Å². The van der Waals surface area contributed by atoms with Crippen molar-refractivity contribution in [3.8, 4) is 0 Å². The maximum absolute atomic E-state index is 12.2. The standard InChI is InChI=1S/C18H26N4O4/c1-14(12-22(26)13-23)18(25)19-11-17(24)15-3-5-16(6-4-15)21-9-7-20(2)8-10-21/h3-6,13-14,26H,7-12H2,1-2H3,(H,19,25). The van der Waals surface area contributed by atoms with Crippen LogP contribution in [0.5, 0.6) is 0 Å². The first-order valence-corrected chi connectivity index (χ1v) is 8.66. The lowest BCUT2D eigenvalue weighted by molar-refractivity contribution is -0.153. The number of amides is 2. The van der Waals surface area contributed by atoms with E-state index in [1.54, 1.807) is 19.1 Å². The number of benzene rings is 1. The highest BCUT2D eigenvalue weighted by molar-refractivity contribution is 5.99. The lowest BCUT2D eigenvalue weighted by atomic mass is 10.1. The molecule has 0 aromatic heterocycles. The van der Waals surface area contributed by atoms with Crippen LogP contribution in [0.4, 0.5) is 5.69 Å². The van der Waals surface area contributed by atoms with Crippen molar-refractivity contribution in [2.45, 2.75) is 6.92 Å². The molecule has 2 N–H and O–H groups in total. The first kappa shape index (κ1) is 19.9. The summed E-state index contributed by atoms with van der Waals surface area (Å²) >= 11 is 0. The van der Waals surface area contributed by atoms with E-state index in [-0.39, 0.29) is 25.3 Å². The predicted molar refractivity (Wildman–Crippen MR) is 97.2 cm³/mol. The summed E-state index contributed by atoms with van der Waals surface area (Å²) in [5.74, 6) is -1.20. The number of Topliss-reactive ketones (excluding diaryl/α,β-unsaturated/α-hetero) is 1. The van der Waals surface area contributed by atoms with Gasteiger partial charge in [-0.05, 0) is 31.3 Å². The minimum absolute atomic E-state index is 0.121. The van der Waals surface area contributed by atoms with Crippen LogP contribution in [0.3, 0.4) is 0 Å². The fraction of sp³-hybridized carbons (Fsp3) is 0.500. The van der Waals surface area contributed by atoms with E-state index in [0.29, 0.717) is 10.6 Å². The van der Waals surface area contributed by atoms with Crippen molar-refractivity contribution in [2.75, 3.05) is 51.2 Å². The van der Waals surface area contributed by atoms with Crippen molar-refractivity contribution < 1.29 is 19.6 Å². The van der Waals surface area contributed by atoms with Gasteiger partial charge in [0.15, 0.2) is 5.78 Å². The topological polar surface area (TPSA) is 93.2 Å². The molecular weight excluding hydrogens is 336 g/mol. The summed E-state index contributed by atoms with van der Waals surface area (Å²) < 4.78 is 0. The summed E-state index contributed by atoms with van der Waals surface area (Å²) in [6, 6.07) is 7.40. The summed E-state index contributed by atoms with van der Waals surface area (Å²) in [7, 11) is 2.10. The Morgan fingerprint density at radius 2 is 1.85 bits per heavy atom. The fourth-order valence-electron chi connectivity index (χ4n) is 2.77. The quantitative estimate of drug-likeness (QED) is 0.297. The van der Waals surface area contributed by atoms with Crippen molar-refractivity contribution in [2.24, 2.45) is 5.92 Å². The van der Waals surface area contributed by atoms with E-state index in [1.165, 1.54) is 0 Å². The number of nitrogens with one attached hydrogen (secondary N) is 1. The van der Waals surface area contributed by atoms with Gasteiger partial charge in [0, 0.05) is 37.4 Å². The molecule has 1 aromatic rings. The zero-order valence-electron chi connectivity index (χ0n) is 15.2. The van der Waals surface area contributed by atoms with E-state index in [9.17, 15) is 14.4 Å². The lowest BCUT2D eigenvalue weighted by Gasteiger charge is -2.34. The molecule has 1 aromatic carbocycles. The Morgan fingerprint density at radius 3 is 2.42 bits per heavy atom. The molecule has 0 bridgehead atoms. The molecule has 1 aliphatic rings. The Kier molecular flexibility index (Phi) is 7.11. The van der Waals surface area contributed by atoms with E-state index in [4.69, 9.17) is 5.21 Å². The van der Waals surface area contributed by atoms with Crippen LogP contribution >= 0.6 is 0 Å². The maximum atomic E-state index is 12.2. The molecule has 0 aliphatic carbocycles. The van der Waals surface area contributed by atoms with Gasteiger partial charge < -0.3 is 15.1 Å². The van der Waals surface area contributed by atoms with Crippen molar-refractivity contribution in [3.05, 3.63) is 29.8 Å². The molecule has 8 nitrogen and oxygen atoms in total. The van der Waals surface area contributed by atoms with E-state index < -0.39 is 11.8 Å². The van der Waals surface area contributed by atoms with Crippen LogP contribution in [0.25, 0.3) is 0 Å². The molecule has 26 heavy (non-hydrogen) atoms. The molecule has 8 heteroatoms. The molecule has 2 rings (SSSR count). The summed E-state index contributed by atoms with van der Waals surface area (Å²) in [5, 5.41) is 12.0. The molecule has 1 unspecified atom stereocenters. The SMILES string of the molecule is CC(CN(O)C=O)C(=O)NCC(=O)c1ccc(N2CCN(C)CC2)cc1. The van der Waals surface area contributed by atoms with E-state index in [1.807, 2.05) is 12.1 Å². The number of likely N-dealkylation sites (N-methyl/N-ethyl adjacent to an activating group) is 1. The van der Waals surface area contributed by atoms with Gasteiger partial charge in [0.05, 0.1) is 19.0 Å². The monoisotopic (exact) mass is 362 g/mol. The third-order valence-corrected chi connectivity index (χ3v) is 4.51. The molecular formula is C18H26N4O4. The van der Waals surface area contributed by atoms with Crippen LogP contribution in [0.2, 0.25) is 0 Å². The van der Waals surface area contributed by atoms with Crippen LogP contribution in [0, 0.1) is 5.92 Å². The number of ketones is 1. The zero-order valence-corrected chi connectivity index (χ0v) is 15.2. The van der Waals surface area contributed by atoms with Gasteiger partial charge >= 0.3 is 0 Å². The second kappa shape index (κ2) is 9.30. The Hall–Kier alpha value is -2.45. The molecule has 1 aliphatic heterocycles. The highest BCUT2D eigenvalue weighted by Gasteiger charge is 2.18. The maximum Gasteiger partial charge on any atom is 0.233 e. The number of hydroxylamine groups is 2. The number of hydrogen-bond acceptors (Lipinski definition) is 6. The van der Waals surface area contributed by atoms with Crippen LogP contribution in [-0.2, 0) is 9.59 Å². The number of carbonyl (C=O) groups excluding carboxylic acids is 3. The van der Waals surface area contributed by atoms with Crippen LogP contribution in [0.15, 0.2) is 24.3 Å². The number of rotatable bonds is 8. The smallest absolute Gasteiger partial charge is 0.233 e. The number of hydrogen-bond donors (Lipinski definition) is 2. The average molecular weight is 362 g/mol. The van der Waals surface area contributed by atoms with Gasteiger partial charge in [0.1, 0.15) is 0 Å².